The Labute approximate surface area is 239 Å². The Hall–Kier alpha value is -3.54. The Morgan fingerprint density at radius 3 is 2.77 bits per heavy atom. The summed E-state index contributed by atoms with van der Waals surface area (Å²) >= 11 is 6.14. The second kappa shape index (κ2) is 14.2. The Kier molecular flexibility index (Phi) is 10.5. The van der Waals surface area contributed by atoms with Gasteiger partial charge >= 0.3 is 0 Å². The van der Waals surface area contributed by atoms with Crippen LogP contribution in [-0.2, 0) is 9.53 Å². The molecule has 3 heterocycles. The number of piperazine rings is 1. The molecule has 40 heavy (non-hydrogen) atoms. The van der Waals surface area contributed by atoms with Crippen molar-refractivity contribution in [2.45, 2.75) is 13.3 Å². The molecule has 0 radical (unpaired) electrons. The Bertz CT molecular complexity index is 1230. The first-order valence-electron chi connectivity index (χ1n) is 13.5. The lowest BCUT2D eigenvalue weighted by atomic mass is 10.1. The normalized spacial score (nSPS) is 17.8. The van der Waals surface area contributed by atoms with Crippen molar-refractivity contribution in [1.29, 1.82) is 0 Å². The molecule has 2 aromatic rings. The van der Waals surface area contributed by atoms with Gasteiger partial charge in [-0.1, -0.05) is 18.2 Å². The first-order chi connectivity index (χ1) is 19.4. The highest BCUT2D eigenvalue weighted by atomic mass is 35.5. The number of carbonyl (C=O) groups excluding carboxylic acids is 2. The second-order valence-corrected chi connectivity index (χ2v) is 10.1. The number of nitrogens with one attached hydrogen (secondary N) is 1. The van der Waals surface area contributed by atoms with Gasteiger partial charge in [-0.2, -0.15) is 4.98 Å². The van der Waals surface area contributed by atoms with Gasteiger partial charge in [-0.25, -0.2) is 9.98 Å². The maximum atomic E-state index is 13.5. The van der Waals surface area contributed by atoms with Crippen LogP contribution in [0, 0.1) is 5.92 Å². The predicted octanol–water partition coefficient (Wildman–Crippen LogP) is 3.29. The van der Waals surface area contributed by atoms with Gasteiger partial charge in [0.05, 0.1) is 24.2 Å². The number of ether oxygens (including phenoxy) is 2. The standard InChI is InChI=1S/C28H36ClN7O4/c1-4-25(37)32-23-7-6-21(16-24(23)35-12-10-34(3)11-13-35)27(38)36-9-8-20(19-36)17-30-28-31-18-22(29)26(33-28)40-15-14-39-5-2/h4,6-7,16-18,20H,1,5,8-15,19H2,2-3H3,(H,32,37)/b30-17+. The van der Waals surface area contributed by atoms with Crippen molar-refractivity contribution in [1.82, 2.24) is 19.8 Å². The van der Waals surface area contributed by atoms with E-state index in [1.54, 1.807) is 18.3 Å². The number of aromatic nitrogens is 2. The summed E-state index contributed by atoms with van der Waals surface area (Å²) in [6.45, 7) is 11.4. The first kappa shape index (κ1) is 29.4. The fourth-order valence-corrected chi connectivity index (χ4v) is 4.70. The highest BCUT2D eigenvalue weighted by molar-refractivity contribution is 6.31. The van der Waals surface area contributed by atoms with Gasteiger partial charge in [0.15, 0.2) is 0 Å². The number of nitrogens with zero attached hydrogens (tertiary/aromatic N) is 6. The molecule has 12 heteroatoms. The van der Waals surface area contributed by atoms with Crippen LogP contribution in [0.1, 0.15) is 23.7 Å². The van der Waals surface area contributed by atoms with Crippen molar-refractivity contribution in [2.75, 3.05) is 76.4 Å². The maximum Gasteiger partial charge on any atom is 0.253 e. The number of benzene rings is 1. The number of carbonyl (C=O) groups is 2. The van der Waals surface area contributed by atoms with Gasteiger partial charge in [-0.15, -0.1) is 0 Å². The molecule has 4 rings (SSSR count). The summed E-state index contributed by atoms with van der Waals surface area (Å²) in [5.74, 6) is 0.226. The van der Waals surface area contributed by atoms with Crippen molar-refractivity contribution in [3.63, 3.8) is 0 Å². The molecule has 214 valence electrons. The molecular weight excluding hydrogens is 534 g/mol. The smallest absolute Gasteiger partial charge is 0.253 e. The third kappa shape index (κ3) is 7.77. The summed E-state index contributed by atoms with van der Waals surface area (Å²) in [7, 11) is 2.08. The van der Waals surface area contributed by atoms with E-state index in [2.05, 4.69) is 43.7 Å². The summed E-state index contributed by atoms with van der Waals surface area (Å²) in [6, 6.07) is 5.43. The van der Waals surface area contributed by atoms with Gasteiger partial charge < -0.3 is 29.5 Å². The summed E-state index contributed by atoms with van der Waals surface area (Å²) in [5.41, 5.74) is 2.09. The van der Waals surface area contributed by atoms with E-state index in [1.165, 1.54) is 12.3 Å². The molecule has 1 aromatic carbocycles. The summed E-state index contributed by atoms with van der Waals surface area (Å²) in [4.78, 5) is 44.6. The van der Waals surface area contributed by atoms with Crippen LogP contribution >= 0.6 is 11.6 Å². The molecule has 2 aliphatic rings. The molecule has 1 N–H and O–H groups in total. The van der Waals surface area contributed by atoms with Crippen LogP contribution in [0.25, 0.3) is 0 Å². The van der Waals surface area contributed by atoms with E-state index >= 15 is 0 Å². The third-order valence-electron chi connectivity index (χ3n) is 6.81. The van der Waals surface area contributed by atoms with Crippen LogP contribution in [0.3, 0.4) is 0 Å². The van der Waals surface area contributed by atoms with Gasteiger partial charge in [0.1, 0.15) is 11.6 Å². The summed E-state index contributed by atoms with van der Waals surface area (Å²) in [5, 5.41) is 3.18. The lowest BCUT2D eigenvalue weighted by Gasteiger charge is -2.35. The number of likely N-dealkylation sites (N-methyl/N-ethyl adjacent to an activating group) is 1. The minimum Gasteiger partial charge on any atom is -0.474 e. The number of hydrogen-bond acceptors (Lipinski definition) is 9. The third-order valence-corrected chi connectivity index (χ3v) is 7.07. The first-order valence-corrected chi connectivity index (χ1v) is 13.8. The molecule has 1 aromatic heterocycles. The second-order valence-electron chi connectivity index (χ2n) is 9.66. The molecular formula is C28H36ClN7O4. The number of likely N-dealkylation sites (tertiary alicyclic amines) is 1. The molecule has 1 unspecified atom stereocenters. The van der Waals surface area contributed by atoms with E-state index in [9.17, 15) is 9.59 Å². The zero-order chi connectivity index (χ0) is 28.5. The molecule has 2 aliphatic heterocycles. The van der Waals surface area contributed by atoms with Crippen LogP contribution in [0.4, 0.5) is 17.3 Å². The molecule has 0 bridgehead atoms. The predicted molar refractivity (Wildman–Crippen MR) is 156 cm³/mol. The van der Waals surface area contributed by atoms with Crippen LogP contribution in [0.15, 0.2) is 42.0 Å². The SMILES string of the molecule is C=CC(=O)Nc1ccc(C(=O)N2CCC(/C=N/c3ncc(Cl)c(OCCOCC)n3)C2)cc1N1CCN(C)CC1. The number of anilines is 2. The van der Waals surface area contributed by atoms with Crippen molar-refractivity contribution in [3.8, 4) is 5.88 Å². The minimum absolute atomic E-state index is 0.0550. The number of amides is 2. The van der Waals surface area contributed by atoms with Crippen LogP contribution < -0.4 is 15.0 Å². The average molecular weight is 570 g/mol. The van der Waals surface area contributed by atoms with Crippen molar-refractivity contribution in [3.05, 3.63) is 47.6 Å². The van der Waals surface area contributed by atoms with E-state index < -0.39 is 0 Å². The van der Waals surface area contributed by atoms with Crippen LogP contribution in [0.2, 0.25) is 5.02 Å². The number of halogens is 1. The minimum atomic E-state index is -0.287. The largest absolute Gasteiger partial charge is 0.474 e. The highest BCUT2D eigenvalue weighted by Crippen LogP contribution is 2.30. The zero-order valence-electron chi connectivity index (χ0n) is 23.0. The quantitative estimate of drug-likeness (QED) is 0.249. The summed E-state index contributed by atoms with van der Waals surface area (Å²) in [6.07, 6.45) is 5.26. The van der Waals surface area contributed by atoms with Crippen molar-refractivity contribution < 1.29 is 19.1 Å². The monoisotopic (exact) mass is 569 g/mol. The maximum absolute atomic E-state index is 13.5. The Morgan fingerprint density at radius 2 is 2.02 bits per heavy atom. The van der Waals surface area contributed by atoms with Gasteiger partial charge in [0.25, 0.3) is 11.9 Å². The number of rotatable bonds is 11. The number of hydrogen-bond donors (Lipinski definition) is 1. The van der Waals surface area contributed by atoms with Gasteiger partial charge in [-0.05, 0) is 44.7 Å². The molecule has 1 atom stereocenters. The van der Waals surface area contributed by atoms with E-state index in [0.717, 1.165) is 38.3 Å². The molecule has 2 saturated heterocycles. The highest BCUT2D eigenvalue weighted by Gasteiger charge is 2.27. The molecule has 0 spiro atoms. The molecule has 2 amide bonds. The lowest BCUT2D eigenvalue weighted by molar-refractivity contribution is -0.111. The van der Waals surface area contributed by atoms with Crippen LogP contribution in [0.5, 0.6) is 5.88 Å². The summed E-state index contributed by atoms with van der Waals surface area (Å²) < 4.78 is 10.8. The topological polar surface area (TPSA) is 112 Å². The van der Waals surface area contributed by atoms with Crippen LogP contribution in [-0.4, -0.2) is 104 Å². The fraction of sp³-hybridized carbons (Fsp3) is 0.464. The average Bonchev–Trinajstić information content (AvgIpc) is 3.45. The van der Waals surface area contributed by atoms with E-state index in [-0.39, 0.29) is 29.6 Å². The van der Waals surface area contributed by atoms with E-state index in [4.69, 9.17) is 21.1 Å². The molecule has 0 aliphatic carbocycles. The van der Waals surface area contributed by atoms with Crippen molar-refractivity contribution in [2.24, 2.45) is 10.9 Å². The van der Waals surface area contributed by atoms with Gasteiger partial charge in [-0.3, -0.25) is 9.59 Å². The zero-order valence-corrected chi connectivity index (χ0v) is 23.8. The molecule has 0 saturated carbocycles. The molecule has 11 nitrogen and oxygen atoms in total. The lowest BCUT2D eigenvalue weighted by Crippen LogP contribution is -2.44. The van der Waals surface area contributed by atoms with Gasteiger partial charge in [0.2, 0.25) is 11.8 Å². The Morgan fingerprint density at radius 1 is 1.23 bits per heavy atom. The fourth-order valence-electron chi connectivity index (χ4n) is 4.56. The van der Waals surface area contributed by atoms with Crippen molar-refractivity contribution >= 4 is 47.0 Å². The number of aliphatic imine (C=N–C) groups is 1. The Balaban J connectivity index is 1.41. The van der Waals surface area contributed by atoms with Gasteiger partial charge in [0, 0.05) is 63.6 Å². The van der Waals surface area contributed by atoms with E-state index in [0.29, 0.717) is 49.2 Å². The van der Waals surface area contributed by atoms with E-state index in [1.807, 2.05) is 17.9 Å². The molecule has 2 fully saturated rings.